The number of carbonyl (C=O) groups is 1. The van der Waals surface area contributed by atoms with Crippen LogP contribution in [0.3, 0.4) is 0 Å². The summed E-state index contributed by atoms with van der Waals surface area (Å²) in [5.74, 6) is -0.601. The zero-order valence-corrected chi connectivity index (χ0v) is 13.4. The van der Waals surface area contributed by atoms with E-state index >= 15 is 0 Å². The van der Waals surface area contributed by atoms with Crippen molar-refractivity contribution in [1.82, 2.24) is 10.4 Å². The van der Waals surface area contributed by atoms with Crippen molar-refractivity contribution in [2.75, 3.05) is 0 Å². The highest BCUT2D eigenvalue weighted by Gasteiger charge is 2.17. The molecule has 1 aromatic heterocycles. The fraction of sp³-hybridized carbons (Fsp3) is 0.0500. The van der Waals surface area contributed by atoms with Crippen molar-refractivity contribution >= 4 is 11.6 Å². The molecular formula is C20H17N3O2. The van der Waals surface area contributed by atoms with E-state index in [-0.39, 0.29) is 0 Å². The second-order valence-electron chi connectivity index (χ2n) is 5.33. The molecular weight excluding hydrogens is 314 g/mol. The predicted octanol–water partition coefficient (Wildman–Crippen LogP) is 2.68. The van der Waals surface area contributed by atoms with Gasteiger partial charge >= 0.3 is 0 Å². The number of carbonyl (C=O) groups excluding carboxylic acids is 1. The van der Waals surface area contributed by atoms with Crippen LogP contribution in [0.5, 0.6) is 0 Å². The largest absolute Gasteiger partial charge is 0.378 e. The summed E-state index contributed by atoms with van der Waals surface area (Å²) in [6.07, 6.45) is 0.375. The smallest absolute Gasteiger partial charge is 0.273 e. The first kappa shape index (κ1) is 16.5. The monoisotopic (exact) mass is 331 g/mol. The quantitative estimate of drug-likeness (QED) is 0.557. The van der Waals surface area contributed by atoms with Gasteiger partial charge < -0.3 is 5.11 Å². The molecule has 0 aliphatic heterocycles. The van der Waals surface area contributed by atoms with Crippen LogP contribution < -0.4 is 5.43 Å². The van der Waals surface area contributed by atoms with Crippen molar-refractivity contribution in [3.8, 4) is 0 Å². The maximum atomic E-state index is 12.2. The van der Waals surface area contributed by atoms with Gasteiger partial charge in [-0.05, 0) is 17.7 Å². The van der Waals surface area contributed by atoms with Gasteiger partial charge in [-0.3, -0.25) is 9.78 Å². The predicted molar refractivity (Wildman–Crippen MR) is 95.9 cm³/mol. The molecule has 0 saturated heterocycles. The Morgan fingerprint density at radius 3 is 2.20 bits per heavy atom. The molecule has 2 aromatic carbocycles. The minimum absolute atomic E-state index is 0.509. The molecule has 124 valence electrons. The summed E-state index contributed by atoms with van der Waals surface area (Å²) in [6.45, 7) is 0. The van der Waals surface area contributed by atoms with Crippen LogP contribution in [0.1, 0.15) is 22.9 Å². The number of hydrogen-bond donors (Lipinski definition) is 2. The van der Waals surface area contributed by atoms with Crippen molar-refractivity contribution < 1.29 is 9.90 Å². The van der Waals surface area contributed by atoms with E-state index < -0.39 is 12.0 Å². The lowest BCUT2D eigenvalue weighted by atomic mass is 10.1. The molecule has 0 fully saturated rings. The van der Waals surface area contributed by atoms with E-state index in [0.717, 1.165) is 5.56 Å². The van der Waals surface area contributed by atoms with Gasteiger partial charge in [0, 0.05) is 11.8 Å². The number of hydrogen-bond acceptors (Lipinski definition) is 4. The number of hydrazone groups is 1. The zero-order valence-electron chi connectivity index (χ0n) is 13.4. The van der Waals surface area contributed by atoms with E-state index in [1.165, 1.54) is 0 Å². The maximum Gasteiger partial charge on any atom is 0.273 e. The Kier molecular flexibility index (Phi) is 5.29. The lowest BCUT2D eigenvalue weighted by Gasteiger charge is -2.11. The van der Waals surface area contributed by atoms with Gasteiger partial charge in [-0.15, -0.1) is 0 Å². The maximum absolute atomic E-state index is 12.2. The van der Waals surface area contributed by atoms with Gasteiger partial charge in [0.05, 0.1) is 5.69 Å². The van der Waals surface area contributed by atoms with Gasteiger partial charge in [0.15, 0.2) is 6.10 Å². The van der Waals surface area contributed by atoms with E-state index in [9.17, 15) is 9.90 Å². The van der Waals surface area contributed by atoms with Crippen molar-refractivity contribution in [3.05, 3.63) is 102 Å². The third kappa shape index (κ3) is 4.16. The summed E-state index contributed by atoms with van der Waals surface area (Å²) in [6, 6.07) is 23.6. The Balaban J connectivity index is 1.85. The van der Waals surface area contributed by atoms with Gasteiger partial charge in [0.25, 0.3) is 5.91 Å². The molecule has 1 heterocycles. The summed E-state index contributed by atoms with van der Waals surface area (Å²) in [7, 11) is 0. The number of rotatable bonds is 5. The highest BCUT2D eigenvalue weighted by Crippen LogP contribution is 2.13. The molecule has 1 unspecified atom stereocenters. The van der Waals surface area contributed by atoms with E-state index in [1.807, 2.05) is 54.6 Å². The summed E-state index contributed by atoms with van der Waals surface area (Å²) >= 11 is 0. The first-order valence-electron chi connectivity index (χ1n) is 7.83. The minimum Gasteiger partial charge on any atom is -0.378 e. The third-order valence-corrected chi connectivity index (χ3v) is 3.60. The van der Waals surface area contributed by atoms with Crippen LogP contribution in [0.2, 0.25) is 0 Å². The van der Waals surface area contributed by atoms with Gasteiger partial charge in [-0.25, -0.2) is 5.43 Å². The molecule has 1 atom stereocenters. The van der Waals surface area contributed by atoms with Crippen molar-refractivity contribution in [2.45, 2.75) is 6.10 Å². The van der Waals surface area contributed by atoms with Gasteiger partial charge in [0.2, 0.25) is 0 Å². The molecule has 0 spiro atoms. The highest BCUT2D eigenvalue weighted by atomic mass is 16.3. The number of nitrogens with zero attached hydrogens (tertiary/aromatic N) is 2. The summed E-state index contributed by atoms with van der Waals surface area (Å²) in [4.78, 5) is 16.5. The molecule has 2 N–H and O–H groups in total. The molecule has 0 bridgehead atoms. The number of amides is 1. The molecule has 3 aromatic rings. The second kappa shape index (κ2) is 7.99. The van der Waals surface area contributed by atoms with E-state index in [0.29, 0.717) is 17.0 Å². The SMILES string of the molecule is O=C(N/N=C(\c1ccccc1)c1ccccn1)C(O)c1ccccc1. The number of pyridine rings is 1. The lowest BCUT2D eigenvalue weighted by molar-refractivity contribution is -0.129. The Morgan fingerprint density at radius 1 is 0.920 bits per heavy atom. The molecule has 0 saturated carbocycles. The standard InChI is InChI=1S/C20H17N3O2/c24-19(16-11-5-2-6-12-16)20(25)23-22-18(15-9-3-1-4-10-15)17-13-7-8-14-21-17/h1-14,19,24H,(H,23,25)/b22-18+. The van der Waals surface area contributed by atoms with Crippen LogP contribution in [0.4, 0.5) is 0 Å². The average Bonchev–Trinajstić information content (AvgIpc) is 2.70. The van der Waals surface area contributed by atoms with Crippen molar-refractivity contribution in [2.24, 2.45) is 5.10 Å². The Morgan fingerprint density at radius 2 is 1.56 bits per heavy atom. The number of aliphatic hydroxyl groups excluding tert-OH is 1. The first-order chi connectivity index (χ1) is 12.3. The number of aromatic nitrogens is 1. The third-order valence-electron chi connectivity index (χ3n) is 3.60. The van der Waals surface area contributed by atoms with Crippen LogP contribution in [0.15, 0.2) is 90.2 Å². The molecule has 5 heteroatoms. The summed E-state index contributed by atoms with van der Waals surface area (Å²) in [5.41, 5.74) is 4.91. The number of nitrogens with one attached hydrogen (secondary N) is 1. The van der Waals surface area contributed by atoms with E-state index in [2.05, 4.69) is 15.5 Å². The number of benzene rings is 2. The molecule has 3 rings (SSSR count). The fourth-order valence-electron chi connectivity index (χ4n) is 2.33. The topological polar surface area (TPSA) is 74.6 Å². The Labute approximate surface area is 145 Å². The van der Waals surface area contributed by atoms with E-state index in [4.69, 9.17) is 0 Å². The lowest BCUT2D eigenvalue weighted by Crippen LogP contribution is -2.26. The van der Waals surface area contributed by atoms with Crippen LogP contribution in [-0.4, -0.2) is 21.7 Å². The van der Waals surface area contributed by atoms with Crippen molar-refractivity contribution in [1.29, 1.82) is 0 Å². The normalized spacial score (nSPS) is 12.4. The molecule has 0 aliphatic carbocycles. The zero-order chi connectivity index (χ0) is 17.5. The Bertz CT molecular complexity index is 808. The summed E-state index contributed by atoms with van der Waals surface area (Å²) in [5, 5.41) is 14.4. The highest BCUT2D eigenvalue weighted by molar-refractivity contribution is 6.11. The van der Waals surface area contributed by atoms with Crippen LogP contribution in [0, 0.1) is 0 Å². The number of aliphatic hydroxyl groups is 1. The van der Waals surface area contributed by atoms with Gasteiger partial charge in [-0.1, -0.05) is 66.7 Å². The fourth-order valence-corrected chi connectivity index (χ4v) is 2.33. The minimum atomic E-state index is -1.29. The molecule has 5 nitrogen and oxygen atoms in total. The average molecular weight is 331 g/mol. The second-order valence-corrected chi connectivity index (χ2v) is 5.33. The van der Waals surface area contributed by atoms with Crippen LogP contribution in [0.25, 0.3) is 0 Å². The van der Waals surface area contributed by atoms with Crippen LogP contribution in [-0.2, 0) is 4.79 Å². The molecule has 1 amide bonds. The first-order valence-corrected chi connectivity index (χ1v) is 7.83. The Hall–Kier alpha value is -3.31. The molecule has 25 heavy (non-hydrogen) atoms. The van der Waals surface area contributed by atoms with Gasteiger partial charge in [-0.2, -0.15) is 5.10 Å². The van der Waals surface area contributed by atoms with E-state index in [1.54, 1.807) is 30.5 Å². The summed E-state index contributed by atoms with van der Waals surface area (Å²) < 4.78 is 0. The molecule has 0 radical (unpaired) electrons. The van der Waals surface area contributed by atoms with Crippen molar-refractivity contribution in [3.63, 3.8) is 0 Å². The van der Waals surface area contributed by atoms with Gasteiger partial charge in [0.1, 0.15) is 5.71 Å². The molecule has 0 aliphatic rings. The van der Waals surface area contributed by atoms with Crippen LogP contribution >= 0.6 is 0 Å².